The number of thioether (sulfide) groups is 1. The van der Waals surface area contributed by atoms with Crippen molar-refractivity contribution in [1.82, 2.24) is 4.98 Å². The zero-order valence-electron chi connectivity index (χ0n) is 10.1. The maximum atomic E-state index is 12.0. The van der Waals surface area contributed by atoms with Gasteiger partial charge in [-0.2, -0.15) is 0 Å². The van der Waals surface area contributed by atoms with Gasteiger partial charge < -0.3 is 0 Å². The average Bonchev–Trinajstić information content (AvgIpc) is 2.37. The highest BCUT2D eigenvalue weighted by molar-refractivity contribution is 8.00. The Bertz CT molecular complexity index is 413. The van der Waals surface area contributed by atoms with E-state index in [4.69, 9.17) is 0 Å². The summed E-state index contributed by atoms with van der Waals surface area (Å²) in [6.07, 6.45) is 8.87. The minimum absolute atomic E-state index is 0.290. The van der Waals surface area contributed by atoms with E-state index in [2.05, 4.69) is 18.0 Å². The molecule has 2 nitrogen and oxygen atoms in total. The first kappa shape index (κ1) is 12.4. The molecule has 0 spiro atoms. The lowest BCUT2D eigenvalue weighted by Gasteiger charge is -2.17. The number of pyridine rings is 1. The molecule has 0 saturated heterocycles. The molecule has 1 aromatic rings. The number of allylic oxidation sites excluding steroid dienone is 2. The van der Waals surface area contributed by atoms with Gasteiger partial charge in [0.05, 0.1) is 5.75 Å². The van der Waals surface area contributed by atoms with Crippen molar-refractivity contribution in [2.45, 2.75) is 31.1 Å². The molecule has 0 saturated carbocycles. The molecule has 0 N–H and O–H groups in total. The van der Waals surface area contributed by atoms with Gasteiger partial charge in [0.1, 0.15) is 0 Å². The number of hydrogen-bond donors (Lipinski definition) is 0. The Morgan fingerprint density at radius 3 is 2.94 bits per heavy atom. The van der Waals surface area contributed by atoms with E-state index in [1.165, 1.54) is 6.42 Å². The lowest BCUT2D eigenvalue weighted by atomic mass is 9.89. The number of carbonyl (C=O) groups excluding carboxylic acids is 1. The van der Waals surface area contributed by atoms with Crippen molar-refractivity contribution < 1.29 is 4.79 Å². The highest BCUT2D eigenvalue weighted by atomic mass is 32.2. The number of Topliss-reactive ketones (excluding diaryl/α,β-unsaturated/α-hetero) is 1. The van der Waals surface area contributed by atoms with Crippen molar-refractivity contribution in [1.29, 1.82) is 0 Å². The Kier molecular flexibility index (Phi) is 4.37. The normalized spacial score (nSPS) is 19.8. The third-order valence-electron chi connectivity index (χ3n) is 3.00. The lowest BCUT2D eigenvalue weighted by Crippen LogP contribution is -2.12. The molecular weight excluding hydrogens is 230 g/mol. The first-order valence-corrected chi connectivity index (χ1v) is 6.99. The van der Waals surface area contributed by atoms with Crippen molar-refractivity contribution in [2.75, 3.05) is 5.75 Å². The van der Waals surface area contributed by atoms with Crippen LogP contribution in [0.15, 0.2) is 41.1 Å². The molecule has 0 aromatic carbocycles. The van der Waals surface area contributed by atoms with E-state index in [1.807, 2.05) is 12.1 Å². The number of rotatable bonds is 4. The van der Waals surface area contributed by atoms with Gasteiger partial charge >= 0.3 is 0 Å². The molecule has 17 heavy (non-hydrogen) atoms. The second-order valence-corrected chi connectivity index (χ2v) is 5.56. The van der Waals surface area contributed by atoms with Crippen LogP contribution < -0.4 is 0 Å². The number of nitrogens with zero attached hydrogens (tertiary/aromatic N) is 1. The van der Waals surface area contributed by atoms with Crippen molar-refractivity contribution in [3.05, 3.63) is 36.2 Å². The molecule has 0 fully saturated rings. The largest absolute Gasteiger partial charge is 0.294 e. The highest BCUT2D eigenvalue weighted by Gasteiger charge is 2.16. The van der Waals surface area contributed by atoms with Gasteiger partial charge in [0, 0.05) is 17.3 Å². The average molecular weight is 247 g/mol. The maximum absolute atomic E-state index is 12.0. The van der Waals surface area contributed by atoms with Crippen LogP contribution in [-0.2, 0) is 4.79 Å². The van der Waals surface area contributed by atoms with Crippen LogP contribution in [0, 0.1) is 5.92 Å². The van der Waals surface area contributed by atoms with Gasteiger partial charge in [-0.15, -0.1) is 11.8 Å². The molecule has 1 unspecified atom stereocenters. The van der Waals surface area contributed by atoms with Crippen LogP contribution >= 0.6 is 11.8 Å². The van der Waals surface area contributed by atoms with E-state index < -0.39 is 0 Å². The maximum Gasteiger partial charge on any atom is 0.168 e. The van der Waals surface area contributed by atoms with Gasteiger partial charge in [0.2, 0.25) is 0 Å². The monoisotopic (exact) mass is 247 g/mol. The molecule has 2 rings (SSSR count). The molecule has 0 amide bonds. The molecule has 0 aliphatic heterocycles. The molecule has 3 heteroatoms. The van der Waals surface area contributed by atoms with Gasteiger partial charge in [-0.3, -0.25) is 9.78 Å². The molecule has 1 atom stereocenters. The predicted octanol–water partition coefficient (Wildman–Crippen LogP) is 3.49. The third-order valence-corrected chi connectivity index (χ3v) is 4.01. The predicted molar refractivity (Wildman–Crippen MR) is 71.1 cm³/mol. The standard InChI is InChI=1S/C14H17NOS/c1-11-3-2-4-12(9-11)14(16)10-17-13-5-7-15-8-6-13/h4-8,11H,2-3,9-10H2,1H3. The molecule has 1 aliphatic rings. The molecular formula is C14H17NOS. The summed E-state index contributed by atoms with van der Waals surface area (Å²) in [6, 6.07) is 3.88. The minimum atomic E-state index is 0.290. The molecule has 90 valence electrons. The highest BCUT2D eigenvalue weighted by Crippen LogP contribution is 2.26. The smallest absolute Gasteiger partial charge is 0.168 e. The zero-order valence-corrected chi connectivity index (χ0v) is 10.9. The number of hydrogen-bond acceptors (Lipinski definition) is 3. The topological polar surface area (TPSA) is 30.0 Å². The van der Waals surface area contributed by atoms with E-state index in [0.29, 0.717) is 17.5 Å². The summed E-state index contributed by atoms with van der Waals surface area (Å²) in [4.78, 5) is 17.1. The molecule has 0 bridgehead atoms. The Balaban J connectivity index is 1.87. The Morgan fingerprint density at radius 1 is 1.47 bits per heavy atom. The lowest BCUT2D eigenvalue weighted by molar-refractivity contribution is -0.113. The molecule has 0 radical (unpaired) electrons. The molecule has 1 aliphatic carbocycles. The van der Waals surface area contributed by atoms with Crippen LogP contribution in [0.25, 0.3) is 0 Å². The molecule has 1 aromatic heterocycles. The fourth-order valence-electron chi connectivity index (χ4n) is 2.01. The van der Waals surface area contributed by atoms with Crippen molar-refractivity contribution in [3.63, 3.8) is 0 Å². The summed E-state index contributed by atoms with van der Waals surface area (Å²) in [7, 11) is 0. The van der Waals surface area contributed by atoms with Gasteiger partial charge in [0.15, 0.2) is 5.78 Å². The van der Waals surface area contributed by atoms with Crippen LogP contribution in [0.2, 0.25) is 0 Å². The third kappa shape index (κ3) is 3.70. The van der Waals surface area contributed by atoms with Gasteiger partial charge in [0.25, 0.3) is 0 Å². The minimum Gasteiger partial charge on any atom is -0.294 e. The first-order chi connectivity index (χ1) is 8.25. The van der Waals surface area contributed by atoms with E-state index in [-0.39, 0.29) is 0 Å². The number of aromatic nitrogens is 1. The van der Waals surface area contributed by atoms with Gasteiger partial charge in [-0.25, -0.2) is 0 Å². The second-order valence-electron chi connectivity index (χ2n) is 4.51. The fraction of sp³-hybridized carbons (Fsp3) is 0.429. The summed E-state index contributed by atoms with van der Waals surface area (Å²) in [5.74, 6) is 1.49. The summed E-state index contributed by atoms with van der Waals surface area (Å²) < 4.78 is 0. The summed E-state index contributed by atoms with van der Waals surface area (Å²) in [5.41, 5.74) is 1.03. The van der Waals surface area contributed by atoms with Crippen LogP contribution in [0.1, 0.15) is 26.2 Å². The van der Waals surface area contributed by atoms with E-state index >= 15 is 0 Å². The van der Waals surface area contributed by atoms with Crippen molar-refractivity contribution in [3.8, 4) is 0 Å². The van der Waals surface area contributed by atoms with Gasteiger partial charge in [-0.05, 0) is 42.9 Å². The van der Waals surface area contributed by atoms with E-state index in [0.717, 1.165) is 23.3 Å². The Labute approximate surface area is 107 Å². The van der Waals surface area contributed by atoms with Crippen LogP contribution in [0.3, 0.4) is 0 Å². The number of ketones is 1. The fourth-order valence-corrected chi connectivity index (χ4v) is 2.80. The van der Waals surface area contributed by atoms with Crippen molar-refractivity contribution in [2.24, 2.45) is 5.92 Å². The summed E-state index contributed by atoms with van der Waals surface area (Å²) in [5, 5.41) is 0. The first-order valence-electron chi connectivity index (χ1n) is 6.01. The summed E-state index contributed by atoms with van der Waals surface area (Å²) in [6.45, 7) is 2.22. The second kappa shape index (κ2) is 6.01. The summed E-state index contributed by atoms with van der Waals surface area (Å²) >= 11 is 1.59. The van der Waals surface area contributed by atoms with E-state index in [1.54, 1.807) is 24.2 Å². The van der Waals surface area contributed by atoms with Crippen molar-refractivity contribution >= 4 is 17.5 Å². The van der Waals surface area contributed by atoms with E-state index in [9.17, 15) is 4.79 Å². The molecule has 1 heterocycles. The van der Waals surface area contributed by atoms with Gasteiger partial charge in [-0.1, -0.05) is 13.0 Å². The zero-order chi connectivity index (χ0) is 12.1. The van der Waals surface area contributed by atoms with Crippen LogP contribution in [-0.4, -0.2) is 16.5 Å². The SMILES string of the molecule is CC1CCC=C(C(=O)CSc2ccncc2)C1. The Morgan fingerprint density at radius 2 is 2.24 bits per heavy atom. The quantitative estimate of drug-likeness (QED) is 0.763. The number of carbonyl (C=O) groups is 1. The Hall–Kier alpha value is -1.09. The van der Waals surface area contributed by atoms with Crippen LogP contribution in [0.5, 0.6) is 0 Å². The van der Waals surface area contributed by atoms with Crippen LogP contribution in [0.4, 0.5) is 0 Å².